The number of carboxylic acid groups (broad SMARTS) is 1. The predicted octanol–water partition coefficient (Wildman–Crippen LogP) is 3.29. The average Bonchev–Trinajstić information content (AvgIpc) is 2.30. The topological polar surface area (TPSA) is 37.3 Å². The second kappa shape index (κ2) is 4.83. The maximum atomic E-state index is 10.6. The van der Waals surface area contributed by atoms with E-state index in [4.69, 9.17) is 5.11 Å². The molecule has 0 aliphatic heterocycles. The fraction of sp³-hybridized carbons (Fsp3) is 0.133. The van der Waals surface area contributed by atoms with Crippen molar-refractivity contribution >= 4 is 5.97 Å². The van der Waals surface area contributed by atoms with Gasteiger partial charge < -0.3 is 5.11 Å². The van der Waals surface area contributed by atoms with Crippen LogP contribution in [0.2, 0.25) is 0 Å². The molecule has 0 amide bonds. The van der Waals surface area contributed by atoms with Crippen LogP contribution in [0, 0.1) is 6.92 Å². The van der Waals surface area contributed by atoms with Gasteiger partial charge in [-0.1, -0.05) is 48.5 Å². The Bertz CT molecular complexity index is 527. The maximum Gasteiger partial charge on any atom is 0.307 e. The second-order valence-electron chi connectivity index (χ2n) is 4.08. The van der Waals surface area contributed by atoms with Gasteiger partial charge in [0.05, 0.1) is 6.42 Å². The first-order valence-corrected chi connectivity index (χ1v) is 5.53. The molecule has 17 heavy (non-hydrogen) atoms. The summed E-state index contributed by atoms with van der Waals surface area (Å²) >= 11 is 0. The van der Waals surface area contributed by atoms with Crippen molar-refractivity contribution in [2.45, 2.75) is 13.3 Å². The van der Waals surface area contributed by atoms with Gasteiger partial charge in [0.2, 0.25) is 0 Å². The molecule has 0 bridgehead atoms. The van der Waals surface area contributed by atoms with Gasteiger partial charge >= 0.3 is 5.97 Å². The molecule has 2 aromatic carbocycles. The van der Waals surface area contributed by atoms with Crippen LogP contribution >= 0.6 is 0 Å². The molecule has 2 aromatic rings. The summed E-state index contributed by atoms with van der Waals surface area (Å²) in [7, 11) is 0. The summed E-state index contributed by atoms with van der Waals surface area (Å²) < 4.78 is 0. The minimum atomic E-state index is -0.798. The molecule has 1 N–H and O–H groups in total. The van der Waals surface area contributed by atoms with Crippen molar-refractivity contribution < 1.29 is 9.90 Å². The van der Waals surface area contributed by atoms with Gasteiger partial charge in [-0.3, -0.25) is 4.79 Å². The molecule has 0 aliphatic rings. The first kappa shape index (κ1) is 11.4. The number of aliphatic carboxylic acids is 1. The molecule has 0 saturated carbocycles. The van der Waals surface area contributed by atoms with E-state index in [2.05, 4.69) is 19.1 Å². The molecule has 0 heterocycles. The molecular weight excluding hydrogens is 212 g/mol. The number of rotatable bonds is 3. The molecule has 0 spiro atoms. The number of carbonyl (C=O) groups is 1. The van der Waals surface area contributed by atoms with Gasteiger partial charge in [-0.25, -0.2) is 0 Å². The molecule has 86 valence electrons. The minimum absolute atomic E-state index is 0.0774. The highest BCUT2D eigenvalue weighted by molar-refractivity contribution is 5.71. The van der Waals surface area contributed by atoms with Crippen molar-refractivity contribution in [1.29, 1.82) is 0 Å². The smallest absolute Gasteiger partial charge is 0.307 e. The van der Waals surface area contributed by atoms with Crippen molar-refractivity contribution in [1.82, 2.24) is 0 Å². The SMILES string of the molecule is Cc1ccccc1-c1ccc(CC(=O)O)cc1. The highest BCUT2D eigenvalue weighted by Crippen LogP contribution is 2.23. The van der Waals surface area contributed by atoms with Crippen LogP contribution in [0.5, 0.6) is 0 Å². The Kier molecular flexibility index (Phi) is 3.24. The van der Waals surface area contributed by atoms with E-state index in [0.29, 0.717) is 0 Å². The van der Waals surface area contributed by atoms with E-state index in [1.165, 1.54) is 11.1 Å². The van der Waals surface area contributed by atoms with Crippen molar-refractivity contribution in [3.05, 3.63) is 59.7 Å². The first-order chi connectivity index (χ1) is 8.16. The van der Waals surface area contributed by atoms with Crippen molar-refractivity contribution in [2.75, 3.05) is 0 Å². The summed E-state index contributed by atoms with van der Waals surface area (Å²) in [6, 6.07) is 15.8. The van der Waals surface area contributed by atoms with E-state index >= 15 is 0 Å². The molecular formula is C15H14O2. The standard InChI is InChI=1S/C15H14O2/c1-11-4-2-3-5-14(11)13-8-6-12(7-9-13)10-15(16)17/h2-9H,10H2,1H3,(H,16,17). The van der Waals surface area contributed by atoms with E-state index in [1.807, 2.05) is 36.4 Å². The Hall–Kier alpha value is -2.09. The van der Waals surface area contributed by atoms with Gasteiger partial charge in [0.15, 0.2) is 0 Å². The molecule has 2 rings (SSSR count). The lowest BCUT2D eigenvalue weighted by molar-refractivity contribution is -0.136. The van der Waals surface area contributed by atoms with E-state index in [0.717, 1.165) is 11.1 Å². The number of benzene rings is 2. The Morgan fingerprint density at radius 3 is 2.29 bits per heavy atom. The summed E-state index contributed by atoms with van der Waals surface area (Å²) in [6.45, 7) is 2.07. The van der Waals surface area contributed by atoms with Crippen molar-refractivity contribution in [3.8, 4) is 11.1 Å². The molecule has 0 atom stereocenters. The Morgan fingerprint density at radius 2 is 1.71 bits per heavy atom. The van der Waals surface area contributed by atoms with E-state index in [9.17, 15) is 4.79 Å². The van der Waals surface area contributed by atoms with Crippen LogP contribution in [-0.2, 0) is 11.2 Å². The fourth-order valence-corrected chi connectivity index (χ4v) is 1.87. The summed E-state index contributed by atoms with van der Waals surface area (Å²) in [4.78, 5) is 10.6. The van der Waals surface area contributed by atoms with Crippen LogP contribution in [0.3, 0.4) is 0 Å². The zero-order valence-electron chi connectivity index (χ0n) is 9.68. The molecule has 0 radical (unpaired) electrons. The number of carboxylic acids is 1. The average molecular weight is 226 g/mol. The van der Waals surface area contributed by atoms with Crippen LogP contribution in [-0.4, -0.2) is 11.1 Å². The van der Waals surface area contributed by atoms with Crippen LogP contribution in [0.1, 0.15) is 11.1 Å². The predicted molar refractivity (Wildman–Crippen MR) is 68.0 cm³/mol. The van der Waals surface area contributed by atoms with E-state index in [-0.39, 0.29) is 6.42 Å². The Balaban J connectivity index is 2.30. The highest BCUT2D eigenvalue weighted by atomic mass is 16.4. The molecule has 0 aliphatic carbocycles. The highest BCUT2D eigenvalue weighted by Gasteiger charge is 2.03. The third kappa shape index (κ3) is 2.72. The van der Waals surface area contributed by atoms with Gasteiger partial charge in [-0.15, -0.1) is 0 Å². The van der Waals surface area contributed by atoms with Crippen LogP contribution in [0.4, 0.5) is 0 Å². The lowest BCUT2D eigenvalue weighted by Gasteiger charge is -2.06. The molecule has 0 fully saturated rings. The van der Waals surface area contributed by atoms with Crippen molar-refractivity contribution in [3.63, 3.8) is 0 Å². The number of hydrogen-bond acceptors (Lipinski definition) is 1. The third-order valence-corrected chi connectivity index (χ3v) is 2.77. The number of hydrogen-bond donors (Lipinski definition) is 1. The lowest BCUT2D eigenvalue weighted by atomic mass is 9.99. The summed E-state index contributed by atoms with van der Waals surface area (Å²) in [6.07, 6.45) is 0.0774. The zero-order chi connectivity index (χ0) is 12.3. The monoisotopic (exact) mass is 226 g/mol. The van der Waals surface area contributed by atoms with E-state index < -0.39 is 5.97 Å². The summed E-state index contributed by atoms with van der Waals surface area (Å²) in [5, 5.41) is 8.70. The quantitative estimate of drug-likeness (QED) is 0.872. The van der Waals surface area contributed by atoms with Crippen LogP contribution < -0.4 is 0 Å². The number of aryl methyl sites for hydroxylation is 1. The summed E-state index contributed by atoms with van der Waals surface area (Å²) in [5.41, 5.74) is 4.36. The normalized spacial score (nSPS) is 10.2. The molecule has 2 heteroatoms. The van der Waals surface area contributed by atoms with Gasteiger partial charge in [0, 0.05) is 0 Å². The van der Waals surface area contributed by atoms with Gasteiger partial charge in [-0.05, 0) is 29.2 Å². The minimum Gasteiger partial charge on any atom is -0.481 e. The zero-order valence-corrected chi connectivity index (χ0v) is 9.68. The van der Waals surface area contributed by atoms with Gasteiger partial charge in [0.25, 0.3) is 0 Å². The Labute approximate surface area is 101 Å². The van der Waals surface area contributed by atoms with Gasteiger partial charge in [0.1, 0.15) is 0 Å². The third-order valence-electron chi connectivity index (χ3n) is 2.77. The fourth-order valence-electron chi connectivity index (χ4n) is 1.87. The second-order valence-corrected chi connectivity index (χ2v) is 4.08. The molecule has 2 nitrogen and oxygen atoms in total. The first-order valence-electron chi connectivity index (χ1n) is 5.53. The van der Waals surface area contributed by atoms with Gasteiger partial charge in [-0.2, -0.15) is 0 Å². The maximum absolute atomic E-state index is 10.6. The van der Waals surface area contributed by atoms with Crippen molar-refractivity contribution in [2.24, 2.45) is 0 Å². The molecule has 0 saturated heterocycles. The molecule has 0 aromatic heterocycles. The molecule has 0 unspecified atom stereocenters. The summed E-state index contributed by atoms with van der Waals surface area (Å²) in [5.74, 6) is -0.798. The van der Waals surface area contributed by atoms with E-state index in [1.54, 1.807) is 0 Å². The lowest BCUT2D eigenvalue weighted by Crippen LogP contribution is -1.99. The van der Waals surface area contributed by atoms with Crippen LogP contribution in [0.15, 0.2) is 48.5 Å². The largest absolute Gasteiger partial charge is 0.481 e. The Morgan fingerprint density at radius 1 is 1.06 bits per heavy atom. The van der Waals surface area contributed by atoms with Crippen LogP contribution in [0.25, 0.3) is 11.1 Å².